The van der Waals surface area contributed by atoms with Crippen molar-refractivity contribution < 1.29 is 5.11 Å². The molecule has 90 valence electrons. The van der Waals surface area contributed by atoms with E-state index in [1.807, 2.05) is 13.8 Å². The SMILES string of the molecule is CC(C)CC(O)CNc1nc[nH]c(=O)c1Cl. The Morgan fingerprint density at radius 1 is 1.62 bits per heavy atom. The van der Waals surface area contributed by atoms with Crippen molar-refractivity contribution in [2.75, 3.05) is 11.9 Å². The van der Waals surface area contributed by atoms with Crippen molar-refractivity contribution in [3.63, 3.8) is 0 Å². The molecule has 0 fully saturated rings. The zero-order valence-corrected chi connectivity index (χ0v) is 10.1. The number of aliphatic hydroxyl groups is 1. The van der Waals surface area contributed by atoms with Crippen LogP contribution in [-0.2, 0) is 0 Å². The number of H-pyrrole nitrogens is 1. The van der Waals surface area contributed by atoms with Crippen molar-refractivity contribution >= 4 is 17.4 Å². The maximum atomic E-state index is 11.1. The van der Waals surface area contributed by atoms with Crippen LogP contribution in [0.4, 0.5) is 5.82 Å². The van der Waals surface area contributed by atoms with Gasteiger partial charge in [-0.05, 0) is 12.3 Å². The molecule has 0 bridgehead atoms. The van der Waals surface area contributed by atoms with E-state index in [1.54, 1.807) is 0 Å². The molecule has 0 aromatic carbocycles. The molecule has 1 aromatic rings. The van der Waals surface area contributed by atoms with E-state index in [-0.39, 0.29) is 5.02 Å². The minimum absolute atomic E-state index is 0.0132. The Kier molecular flexibility index (Phi) is 4.76. The molecule has 3 N–H and O–H groups in total. The maximum Gasteiger partial charge on any atom is 0.271 e. The largest absolute Gasteiger partial charge is 0.391 e. The monoisotopic (exact) mass is 245 g/mol. The molecule has 5 nitrogen and oxygen atoms in total. The predicted molar refractivity (Wildman–Crippen MR) is 63.8 cm³/mol. The fraction of sp³-hybridized carbons (Fsp3) is 0.600. The second-order valence-electron chi connectivity index (χ2n) is 4.06. The molecule has 0 amide bonds. The van der Waals surface area contributed by atoms with Crippen LogP contribution in [0.3, 0.4) is 0 Å². The minimum Gasteiger partial charge on any atom is -0.391 e. The molecule has 1 aromatic heterocycles. The van der Waals surface area contributed by atoms with Gasteiger partial charge in [0.25, 0.3) is 5.56 Å². The van der Waals surface area contributed by atoms with E-state index >= 15 is 0 Å². The Morgan fingerprint density at radius 3 is 2.94 bits per heavy atom. The van der Waals surface area contributed by atoms with Crippen LogP contribution < -0.4 is 10.9 Å². The summed E-state index contributed by atoms with van der Waals surface area (Å²) in [7, 11) is 0. The van der Waals surface area contributed by atoms with Gasteiger partial charge in [-0.25, -0.2) is 4.98 Å². The zero-order valence-electron chi connectivity index (χ0n) is 9.33. The van der Waals surface area contributed by atoms with E-state index in [0.717, 1.165) is 0 Å². The Hall–Kier alpha value is -1.07. The first-order chi connectivity index (χ1) is 7.50. The van der Waals surface area contributed by atoms with Gasteiger partial charge < -0.3 is 15.4 Å². The molecule has 6 heteroatoms. The number of anilines is 1. The van der Waals surface area contributed by atoms with E-state index in [1.165, 1.54) is 6.33 Å². The lowest BCUT2D eigenvalue weighted by molar-refractivity contribution is 0.161. The normalized spacial score (nSPS) is 12.8. The number of nitrogens with zero attached hydrogens (tertiary/aromatic N) is 1. The summed E-state index contributed by atoms with van der Waals surface area (Å²) >= 11 is 5.73. The summed E-state index contributed by atoms with van der Waals surface area (Å²) in [6.07, 6.45) is 1.48. The molecule has 1 heterocycles. The van der Waals surface area contributed by atoms with Crippen molar-refractivity contribution in [3.05, 3.63) is 21.7 Å². The number of aromatic amines is 1. The number of aromatic nitrogens is 2. The highest BCUT2D eigenvalue weighted by Crippen LogP contribution is 2.12. The number of hydrogen-bond donors (Lipinski definition) is 3. The second-order valence-corrected chi connectivity index (χ2v) is 4.44. The highest BCUT2D eigenvalue weighted by atomic mass is 35.5. The lowest BCUT2D eigenvalue weighted by Gasteiger charge is -2.14. The summed E-state index contributed by atoms with van der Waals surface area (Å²) in [5, 5.41) is 12.5. The molecule has 0 saturated heterocycles. The van der Waals surface area contributed by atoms with E-state index in [4.69, 9.17) is 11.6 Å². The molecular weight excluding hydrogens is 230 g/mol. The summed E-state index contributed by atoms with van der Waals surface area (Å²) in [6.45, 7) is 4.39. The molecule has 0 aliphatic rings. The number of hydrogen-bond acceptors (Lipinski definition) is 4. The quantitative estimate of drug-likeness (QED) is 0.730. The number of nitrogens with one attached hydrogen (secondary N) is 2. The van der Waals surface area contributed by atoms with Gasteiger partial charge in [0.1, 0.15) is 5.02 Å². The summed E-state index contributed by atoms with van der Waals surface area (Å²) < 4.78 is 0. The lowest BCUT2D eigenvalue weighted by atomic mass is 10.1. The van der Waals surface area contributed by atoms with Gasteiger partial charge in [-0.15, -0.1) is 0 Å². The smallest absolute Gasteiger partial charge is 0.271 e. The van der Waals surface area contributed by atoms with Crippen molar-refractivity contribution in [1.29, 1.82) is 0 Å². The average molecular weight is 246 g/mol. The van der Waals surface area contributed by atoms with Crippen molar-refractivity contribution in [3.8, 4) is 0 Å². The van der Waals surface area contributed by atoms with Gasteiger partial charge in [-0.3, -0.25) is 4.79 Å². The molecule has 1 atom stereocenters. The van der Waals surface area contributed by atoms with Gasteiger partial charge in [0.15, 0.2) is 5.82 Å². The standard InChI is InChI=1S/C10H16ClN3O2/c1-6(2)3-7(15)4-12-9-8(11)10(16)14-5-13-9/h5-7,15H,3-4H2,1-2H3,(H2,12,13,14,16). The van der Waals surface area contributed by atoms with Crippen LogP contribution in [0.25, 0.3) is 0 Å². The topological polar surface area (TPSA) is 78.0 Å². The van der Waals surface area contributed by atoms with Crippen LogP contribution in [0, 0.1) is 5.92 Å². The average Bonchev–Trinajstić information content (AvgIpc) is 2.19. The van der Waals surface area contributed by atoms with E-state index in [9.17, 15) is 9.90 Å². The van der Waals surface area contributed by atoms with Gasteiger partial charge in [0.2, 0.25) is 0 Å². The van der Waals surface area contributed by atoms with Gasteiger partial charge in [0.05, 0.1) is 12.4 Å². The summed E-state index contributed by atoms with van der Waals surface area (Å²) in [5.74, 6) is 0.715. The van der Waals surface area contributed by atoms with Crippen LogP contribution >= 0.6 is 11.6 Å². The van der Waals surface area contributed by atoms with Crippen molar-refractivity contribution in [1.82, 2.24) is 9.97 Å². The van der Waals surface area contributed by atoms with Crippen molar-refractivity contribution in [2.24, 2.45) is 5.92 Å². The van der Waals surface area contributed by atoms with Crippen molar-refractivity contribution in [2.45, 2.75) is 26.4 Å². The molecule has 0 aliphatic heterocycles. The fourth-order valence-corrected chi connectivity index (χ4v) is 1.52. The first-order valence-corrected chi connectivity index (χ1v) is 5.53. The second kappa shape index (κ2) is 5.86. The number of halogens is 1. The van der Waals surface area contributed by atoms with Crippen LogP contribution in [0.2, 0.25) is 5.02 Å². The Bertz CT molecular complexity index is 392. The fourth-order valence-electron chi connectivity index (χ4n) is 1.35. The molecule has 0 saturated carbocycles. The third kappa shape index (κ3) is 3.83. The summed E-state index contributed by atoms with van der Waals surface area (Å²) in [5.41, 5.74) is -0.391. The number of rotatable bonds is 5. The third-order valence-electron chi connectivity index (χ3n) is 2.05. The van der Waals surface area contributed by atoms with E-state index in [0.29, 0.717) is 24.7 Å². The van der Waals surface area contributed by atoms with Crippen LogP contribution in [0.15, 0.2) is 11.1 Å². The van der Waals surface area contributed by atoms with E-state index < -0.39 is 11.7 Å². The third-order valence-corrected chi connectivity index (χ3v) is 2.40. The van der Waals surface area contributed by atoms with Gasteiger partial charge >= 0.3 is 0 Å². The predicted octanol–water partition coefficient (Wildman–Crippen LogP) is 1.24. The minimum atomic E-state index is -0.475. The van der Waals surface area contributed by atoms with Crippen LogP contribution in [-0.4, -0.2) is 27.7 Å². The van der Waals surface area contributed by atoms with Gasteiger partial charge in [-0.2, -0.15) is 0 Å². The van der Waals surface area contributed by atoms with Crippen LogP contribution in [0.5, 0.6) is 0 Å². The molecule has 0 radical (unpaired) electrons. The number of aliphatic hydroxyl groups excluding tert-OH is 1. The van der Waals surface area contributed by atoms with E-state index in [2.05, 4.69) is 15.3 Å². The summed E-state index contributed by atoms with van der Waals surface area (Å²) in [6, 6.07) is 0. The first kappa shape index (κ1) is 13.0. The van der Waals surface area contributed by atoms with Gasteiger partial charge in [0, 0.05) is 6.54 Å². The Labute approximate surface area is 98.9 Å². The Balaban J connectivity index is 2.55. The maximum absolute atomic E-state index is 11.1. The highest BCUT2D eigenvalue weighted by molar-refractivity contribution is 6.32. The van der Waals surface area contributed by atoms with Gasteiger partial charge in [-0.1, -0.05) is 25.4 Å². The van der Waals surface area contributed by atoms with Crippen LogP contribution in [0.1, 0.15) is 20.3 Å². The highest BCUT2D eigenvalue weighted by Gasteiger charge is 2.09. The molecule has 0 aliphatic carbocycles. The molecule has 1 unspecified atom stereocenters. The molecular formula is C10H16ClN3O2. The lowest BCUT2D eigenvalue weighted by Crippen LogP contribution is -2.23. The zero-order chi connectivity index (χ0) is 12.1. The molecule has 16 heavy (non-hydrogen) atoms. The summed E-state index contributed by atoms with van der Waals surface area (Å²) in [4.78, 5) is 17.4. The first-order valence-electron chi connectivity index (χ1n) is 5.15. The molecule has 0 spiro atoms. The Morgan fingerprint density at radius 2 is 2.31 bits per heavy atom. The molecule has 1 rings (SSSR count).